The van der Waals surface area contributed by atoms with Gasteiger partial charge in [0, 0.05) is 49.9 Å². The van der Waals surface area contributed by atoms with E-state index in [0.717, 1.165) is 0 Å². The molecule has 3 rings (SSSR count). The molecule has 0 atom stereocenters. The summed E-state index contributed by atoms with van der Waals surface area (Å²) in [6, 6.07) is 12.1. The van der Waals surface area contributed by atoms with Gasteiger partial charge in [0.15, 0.2) is 11.5 Å². The van der Waals surface area contributed by atoms with E-state index >= 15 is 0 Å². The first-order chi connectivity index (χ1) is 13.9. The summed E-state index contributed by atoms with van der Waals surface area (Å²) in [5, 5.41) is 5.48. The van der Waals surface area contributed by atoms with Gasteiger partial charge in [0.1, 0.15) is 13.2 Å². The van der Waals surface area contributed by atoms with E-state index in [0.29, 0.717) is 41.8 Å². The number of fused-ring (bicyclic) bond motifs is 1. The van der Waals surface area contributed by atoms with Gasteiger partial charge in [0.25, 0.3) is 0 Å². The van der Waals surface area contributed by atoms with Crippen LogP contribution in [0.15, 0.2) is 42.5 Å². The first-order valence-electron chi connectivity index (χ1n) is 9.27. The maximum Gasteiger partial charge on any atom is 0.226 e. The smallest absolute Gasteiger partial charge is 0.226 e. The van der Waals surface area contributed by atoms with Gasteiger partial charge in [-0.2, -0.15) is 0 Å². The summed E-state index contributed by atoms with van der Waals surface area (Å²) in [6.07, 6.45) is 0.126. The summed E-state index contributed by atoms with van der Waals surface area (Å²) in [4.78, 5) is 37.0. The molecule has 1 aliphatic rings. The fourth-order valence-electron chi connectivity index (χ4n) is 2.95. The number of hydrogen-bond acceptors (Lipinski definition) is 5. The van der Waals surface area contributed by atoms with Gasteiger partial charge in [0.05, 0.1) is 0 Å². The number of nitrogens with one attached hydrogen (secondary N) is 2. The van der Waals surface area contributed by atoms with E-state index < -0.39 is 0 Å². The first-order valence-corrected chi connectivity index (χ1v) is 9.27. The van der Waals surface area contributed by atoms with Crippen molar-refractivity contribution in [3.8, 4) is 11.5 Å². The average molecular weight is 397 g/mol. The van der Waals surface area contributed by atoms with Crippen LogP contribution in [0.3, 0.4) is 0 Å². The van der Waals surface area contributed by atoms with Crippen LogP contribution in [-0.2, 0) is 14.4 Å². The van der Waals surface area contributed by atoms with Crippen molar-refractivity contribution >= 4 is 34.8 Å². The SMILES string of the molecule is CC(=O)Nc1ccc(N(CCC(=O)Nc2ccc3c(c2)OCCO3)C(C)=O)cc1. The van der Waals surface area contributed by atoms with E-state index in [9.17, 15) is 14.4 Å². The van der Waals surface area contributed by atoms with Gasteiger partial charge in [-0.1, -0.05) is 0 Å². The van der Waals surface area contributed by atoms with Gasteiger partial charge >= 0.3 is 0 Å². The van der Waals surface area contributed by atoms with Crippen LogP contribution < -0.4 is 25.0 Å². The summed E-state index contributed by atoms with van der Waals surface area (Å²) < 4.78 is 11.0. The van der Waals surface area contributed by atoms with Crippen LogP contribution in [-0.4, -0.2) is 37.5 Å². The average Bonchev–Trinajstić information content (AvgIpc) is 2.68. The molecule has 0 bridgehead atoms. The molecule has 0 spiro atoms. The molecule has 0 radical (unpaired) electrons. The van der Waals surface area contributed by atoms with Crippen LogP contribution in [0.1, 0.15) is 20.3 Å². The minimum absolute atomic E-state index is 0.126. The molecule has 0 saturated carbocycles. The van der Waals surface area contributed by atoms with Gasteiger partial charge in [0.2, 0.25) is 17.7 Å². The minimum atomic E-state index is -0.220. The highest BCUT2D eigenvalue weighted by molar-refractivity contribution is 5.95. The summed E-state index contributed by atoms with van der Waals surface area (Å²) in [6.45, 7) is 4.08. The van der Waals surface area contributed by atoms with Gasteiger partial charge in [-0.25, -0.2) is 0 Å². The highest BCUT2D eigenvalue weighted by Gasteiger charge is 2.15. The fraction of sp³-hybridized carbons (Fsp3) is 0.286. The number of hydrogen-bond donors (Lipinski definition) is 2. The van der Waals surface area contributed by atoms with Crippen molar-refractivity contribution in [3.05, 3.63) is 42.5 Å². The Balaban J connectivity index is 1.59. The lowest BCUT2D eigenvalue weighted by Crippen LogP contribution is -2.32. The van der Waals surface area contributed by atoms with E-state index in [4.69, 9.17) is 9.47 Å². The standard InChI is InChI=1S/C21H23N3O5/c1-14(25)22-16-3-6-18(7-4-16)24(15(2)26)10-9-21(27)23-17-5-8-19-20(13-17)29-12-11-28-19/h3-8,13H,9-12H2,1-2H3,(H,22,25)(H,23,27). The third kappa shape index (κ3) is 5.47. The lowest BCUT2D eigenvalue weighted by Gasteiger charge is -2.21. The normalized spacial score (nSPS) is 12.1. The Hall–Kier alpha value is -3.55. The van der Waals surface area contributed by atoms with E-state index in [1.54, 1.807) is 42.5 Å². The molecule has 0 aliphatic carbocycles. The highest BCUT2D eigenvalue weighted by Crippen LogP contribution is 2.32. The summed E-state index contributed by atoms with van der Waals surface area (Å²) in [5.74, 6) is 0.683. The minimum Gasteiger partial charge on any atom is -0.486 e. The molecule has 8 nitrogen and oxygen atoms in total. The first kappa shape index (κ1) is 20.2. The molecule has 29 heavy (non-hydrogen) atoms. The molecule has 2 N–H and O–H groups in total. The number of rotatable bonds is 6. The Morgan fingerprint density at radius 1 is 0.897 bits per heavy atom. The molecule has 152 valence electrons. The zero-order valence-electron chi connectivity index (χ0n) is 16.4. The third-order valence-electron chi connectivity index (χ3n) is 4.27. The van der Waals surface area contributed by atoms with Gasteiger partial charge in [-0.15, -0.1) is 0 Å². The predicted octanol–water partition coefficient (Wildman–Crippen LogP) is 2.80. The van der Waals surface area contributed by atoms with E-state index in [2.05, 4.69) is 10.6 Å². The molecule has 0 unspecified atom stereocenters. The second-order valence-electron chi connectivity index (χ2n) is 6.56. The number of nitrogens with zero attached hydrogens (tertiary/aromatic N) is 1. The second-order valence-corrected chi connectivity index (χ2v) is 6.56. The number of carbonyl (C=O) groups excluding carboxylic acids is 3. The molecule has 1 heterocycles. The Morgan fingerprint density at radius 2 is 1.55 bits per heavy atom. The highest BCUT2D eigenvalue weighted by atomic mass is 16.6. The Morgan fingerprint density at radius 3 is 2.21 bits per heavy atom. The van der Waals surface area contributed by atoms with Crippen LogP contribution in [0, 0.1) is 0 Å². The molecule has 0 saturated heterocycles. The largest absolute Gasteiger partial charge is 0.486 e. The van der Waals surface area contributed by atoms with Crippen molar-refractivity contribution in [3.63, 3.8) is 0 Å². The van der Waals surface area contributed by atoms with Crippen molar-refractivity contribution in [2.75, 3.05) is 35.3 Å². The van der Waals surface area contributed by atoms with Gasteiger partial charge in [-0.3, -0.25) is 14.4 Å². The summed E-state index contributed by atoms with van der Waals surface area (Å²) in [5.41, 5.74) is 1.90. The summed E-state index contributed by atoms with van der Waals surface area (Å²) in [7, 11) is 0. The van der Waals surface area contributed by atoms with Crippen LogP contribution in [0.4, 0.5) is 17.1 Å². The predicted molar refractivity (Wildman–Crippen MR) is 109 cm³/mol. The maximum absolute atomic E-state index is 12.3. The molecule has 3 amide bonds. The molecule has 2 aromatic rings. The van der Waals surface area contributed by atoms with Crippen molar-refractivity contribution in [2.45, 2.75) is 20.3 Å². The number of benzene rings is 2. The van der Waals surface area contributed by atoms with Crippen molar-refractivity contribution < 1.29 is 23.9 Å². The second kappa shape index (κ2) is 9.09. The van der Waals surface area contributed by atoms with Crippen LogP contribution in [0.5, 0.6) is 11.5 Å². The number of carbonyl (C=O) groups is 3. The summed E-state index contributed by atoms with van der Waals surface area (Å²) >= 11 is 0. The molecule has 2 aromatic carbocycles. The number of anilines is 3. The Labute approximate surface area is 168 Å². The monoisotopic (exact) mass is 397 g/mol. The van der Waals surface area contributed by atoms with E-state index in [1.807, 2.05) is 0 Å². The van der Waals surface area contributed by atoms with E-state index in [1.165, 1.54) is 18.7 Å². The topological polar surface area (TPSA) is 97.0 Å². The van der Waals surface area contributed by atoms with Crippen molar-refractivity contribution in [1.82, 2.24) is 0 Å². The maximum atomic E-state index is 12.3. The lowest BCUT2D eigenvalue weighted by atomic mass is 10.2. The van der Waals surface area contributed by atoms with Gasteiger partial charge in [-0.05, 0) is 36.4 Å². The van der Waals surface area contributed by atoms with Crippen LogP contribution >= 0.6 is 0 Å². The Kier molecular flexibility index (Phi) is 6.33. The zero-order chi connectivity index (χ0) is 20.8. The molecular weight excluding hydrogens is 374 g/mol. The van der Waals surface area contributed by atoms with Crippen LogP contribution in [0.2, 0.25) is 0 Å². The number of ether oxygens (including phenoxy) is 2. The Bertz CT molecular complexity index is 911. The van der Waals surface area contributed by atoms with Crippen molar-refractivity contribution in [2.24, 2.45) is 0 Å². The number of amides is 3. The van der Waals surface area contributed by atoms with Gasteiger partial charge < -0.3 is 25.0 Å². The lowest BCUT2D eigenvalue weighted by molar-refractivity contribution is -0.117. The molecule has 0 aromatic heterocycles. The molecule has 0 fully saturated rings. The fourth-order valence-corrected chi connectivity index (χ4v) is 2.95. The molecule has 1 aliphatic heterocycles. The molecule has 8 heteroatoms. The molecular formula is C21H23N3O5. The quantitative estimate of drug-likeness (QED) is 0.781. The van der Waals surface area contributed by atoms with Crippen LogP contribution in [0.25, 0.3) is 0 Å². The van der Waals surface area contributed by atoms with E-state index in [-0.39, 0.29) is 30.7 Å². The third-order valence-corrected chi connectivity index (χ3v) is 4.27. The zero-order valence-corrected chi connectivity index (χ0v) is 16.4. The van der Waals surface area contributed by atoms with Crippen molar-refractivity contribution in [1.29, 1.82) is 0 Å².